The Kier molecular flexibility index (Phi) is 14.0. The Labute approximate surface area is 223 Å². The molecular weight excluding hydrogens is 507 g/mol. The second-order valence-electron chi connectivity index (χ2n) is 9.10. The molecular formula is C25H41NO2S5. The molecule has 0 saturated heterocycles. The Morgan fingerprint density at radius 3 is 2.76 bits per heavy atom. The van der Waals surface area contributed by atoms with Crippen molar-refractivity contribution in [2.75, 3.05) is 31.4 Å². The van der Waals surface area contributed by atoms with Gasteiger partial charge in [0.2, 0.25) is 0 Å². The Hall–Kier alpha value is 0.430. The minimum Gasteiger partial charge on any atom is -0.487 e. The van der Waals surface area contributed by atoms with E-state index in [0.717, 1.165) is 36.6 Å². The van der Waals surface area contributed by atoms with Gasteiger partial charge in [-0.3, -0.25) is 0 Å². The average molecular weight is 548 g/mol. The van der Waals surface area contributed by atoms with Gasteiger partial charge in [-0.15, -0.1) is 11.8 Å². The van der Waals surface area contributed by atoms with Gasteiger partial charge in [0, 0.05) is 29.0 Å². The van der Waals surface area contributed by atoms with Crippen molar-refractivity contribution in [3.8, 4) is 5.75 Å². The number of thiol groups is 1. The summed E-state index contributed by atoms with van der Waals surface area (Å²) in [5.41, 5.74) is 2.81. The predicted molar refractivity (Wildman–Crippen MR) is 158 cm³/mol. The van der Waals surface area contributed by atoms with Crippen LogP contribution < -0.4 is 10.1 Å². The van der Waals surface area contributed by atoms with Crippen LogP contribution in [0.15, 0.2) is 28.5 Å². The average Bonchev–Trinajstić information content (AvgIpc) is 3.27. The highest BCUT2D eigenvalue weighted by atomic mass is 33.1. The zero-order valence-electron chi connectivity index (χ0n) is 20.6. The van der Waals surface area contributed by atoms with E-state index in [2.05, 4.69) is 74.8 Å². The van der Waals surface area contributed by atoms with Crippen molar-refractivity contribution in [1.29, 1.82) is 0 Å². The molecule has 3 unspecified atom stereocenters. The highest BCUT2D eigenvalue weighted by Crippen LogP contribution is 2.47. The number of rotatable bonds is 11. The fourth-order valence-electron chi connectivity index (χ4n) is 3.69. The van der Waals surface area contributed by atoms with Gasteiger partial charge in [0.25, 0.3) is 0 Å². The molecule has 2 aliphatic heterocycles. The third-order valence-electron chi connectivity index (χ3n) is 5.95. The van der Waals surface area contributed by atoms with Crippen molar-refractivity contribution < 1.29 is 9.84 Å². The number of aliphatic hydroxyl groups is 1. The smallest absolute Gasteiger partial charge is 0.126 e. The first kappa shape index (κ1) is 29.7. The van der Waals surface area contributed by atoms with E-state index in [0.29, 0.717) is 11.8 Å². The maximum atomic E-state index is 10.6. The number of allylic oxidation sites excluding steroid dienone is 1. The quantitative estimate of drug-likeness (QED) is 0.205. The van der Waals surface area contributed by atoms with Gasteiger partial charge >= 0.3 is 0 Å². The first-order chi connectivity index (χ1) is 15.9. The number of unbranched alkanes of at least 4 members (excludes halogenated alkanes) is 1. The predicted octanol–water partition coefficient (Wildman–Crippen LogP) is 6.94. The molecule has 188 valence electrons. The molecule has 2 N–H and O–H groups in total. The van der Waals surface area contributed by atoms with E-state index in [-0.39, 0.29) is 11.5 Å². The fourth-order valence-corrected chi connectivity index (χ4v) is 7.85. The van der Waals surface area contributed by atoms with Gasteiger partial charge in [-0.1, -0.05) is 54.9 Å². The molecule has 3 nitrogen and oxygen atoms in total. The maximum absolute atomic E-state index is 10.6. The maximum Gasteiger partial charge on any atom is 0.126 e. The first-order valence-electron chi connectivity index (χ1n) is 11.7. The Morgan fingerprint density at radius 2 is 2.09 bits per heavy atom. The van der Waals surface area contributed by atoms with Crippen LogP contribution in [0.3, 0.4) is 0 Å². The molecule has 2 aliphatic rings. The second kappa shape index (κ2) is 15.5. The Balaban J connectivity index is 0.000000479. The molecule has 8 heteroatoms. The zero-order chi connectivity index (χ0) is 24.3. The summed E-state index contributed by atoms with van der Waals surface area (Å²) in [5, 5.41) is 16.7. The van der Waals surface area contributed by atoms with Gasteiger partial charge in [-0.25, -0.2) is 0 Å². The molecule has 0 spiro atoms. The van der Waals surface area contributed by atoms with Gasteiger partial charge in [-0.2, -0.15) is 24.4 Å². The number of nitrogens with one attached hydrogen (secondary N) is 1. The molecule has 3 rings (SSSR count). The van der Waals surface area contributed by atoms with Crippen molar-refractivity contribution in [2.24, 2.45) is 5.41 Å². The van der Waals surface area contributed by atoms with Gasteiger partial charge in [0.15, 0.2) is 0 Å². The van der Waals surface area contributed by atoms with Crippen LogP contribution in [0.2, 0.25) is 0 Å². The third kappa shape index (κ3) is 9.43. The summed E-state index contributed by atoms with van der Waals surface area (Å²) >= 11 is 8.10. The lowest BCUT2D eigenvalue weighted by molar-refractivity contribution is 0.0243. The lowest BCUT2D eigenvalue weighted by Crippen LogP contribution is -2.45. The molecule has 1 aromatic carbocycles. The standard InChI is InChI=1S/C19H29NO2S4.C6H12S/c1-19(2,11-23)18(24-3)9-20-8-14(21)15-5-4-12-7-17-13(10-25-26-17)6-16(12)22-15;1-3-4-5-6-7-2/h6-7,14-15,18,20-21,23H,4-5,8-11H2,1-3H3;5-6H,3-4H2,1-2H3/b;6-5+. The number of hydrogen-bond acceptors (Lipinski definition) is 8. The van der Waals surface area contributed by atoms with E-state index in [1.165, 1.54) is 28.9 Å². The zero-order valence-corrected chi connectivity index (χ0v) is 24.8. The number of fused-ring (bicyclic) bond motifs is 2. The van der Waals surface area contributed by atoms with E-state index in [9.17, 15) is 5.11 Å². The van der Waals surface area contributed by atoms with Crippen LogP contribution in [0.5, 0.6) is 5.75 Å². The van der Waals surface area contributed by atoms with Crippen molar-refractivity contribution in [2.45, 2.75) is 74.6 Å². The molecule has 0 radical (unpaired) electrons. The summed E-state index contributed by atoms with van der Waals surface area (Å²) in [6.07, 6.45) is 10.1. The van der Waals surface area contributed by atoms with E-state index >= 15 is 0 Å². The normalized spacial score (nSPS) is 19.3. The van der Waals surface area contributed by atoms with Crippen LogP contribution >= 0.6 is 57.7 Å². The largest absolute Gasteiger partial charge is 0.487 e. The lowest BCUT2D eigenvalue weighted by atomic mass is 9.91. The topological polar surface area (TPSA) is 41.5 Å². The van der Waals surface area contributed by atoms with Gasteiger partial charge in [0.05, 0.1) is 0 Å². The fraction of sp³-hybridized carbons (Fsp3) is 0.680. The van der Waals surface area contributed by atoms with Gasteiger partial charge in [0.1, 0.15) is 18.0 Å². The molecule has 0 fully saturated rings. The summed E-state index contributed by atoms with van der Waals surface area (Å²) in [6.45, 7) is 8.11. The summed E-state index contributed by atoms with van der Waals surface area (Å²) in [5.74, 6) is 2.87. The summed E-state index contributed by atoms with van der Waals surface area (Å²) < 4.78 is 6.17. The van der Waals surface area contributed by atoms with Crippen molar-refractivity contribution in [1.82, 2.24) is 5.32 Å². The van der Waals surface area contributed by atoms with Crippen LogP contribution in [-0.2, 0) is 12.2 Å². The van der Waals surface area contributed by atoms with Crippen molar-refractivity contribution in [3.63, 3.8) is 0 Å². The first-order valence-corrected chi connectivity index (χ1v) is 17.2. The monoisotopic (exact) mass is 547 g/mol. The molecule has 33 heavy (non-hydrogen) atoms. The number of ether oxygens (including phenoxy) is 1. The Bertz CT molecular complexity index is 744. The highest BCUT2D eigenvalue weighted by molar-refractivity contribution is 8.76. The minimum atomic E-state index is -0.484. The summed E-state index contributed by atoms with van der Waals surface area (Å²) in [6, 6.07) is 4.46. The third-order valence-corrected chi connectivity index (χ3v) is 11.0. The molecule has 0 bridgehead atoms. The van der Waals surface area contributed by atoms with E-state index in [1.807, 2.05) is 33.3 Å². The van der Waals surface area contributed by atoms with Crippen molar-refractivity contribution in [3.05, 3.63) is 34.7 Å². The van der Waals surface area contributed by atoms with Crippen LogP contribution in [-0.4, -0.2) is 53.9 Å². The van der Waals surface area contributed by atoms with Gasteiger partial charge in [-0.05, 0) is 71.6 Å². The lowest BCUT2D eigenvalue weighted by Gasteiger charge is -2.33. The summed E-state index contributed by atoms with van der Waals surface area (Å²) in [4.78, 5) is 1.38. The van der Waals surface area contributed by atoms with Crippen LogP contribution in [0.1, 0.15) is 51.2 Å². The number of hydrogen-bond donors (Lipinski definition) is 3. The van der Waals surface area contributed by atoms with Crippen LogP contribution in [0.4, 0.5) is 0 Å². The Morgan fingerprint density at radius 1 is 1.30 bits per heavy atom. The van der Waals surface area contributed by atoms with E-state index in [4.69, 9.17) is 4.74 Å². The molecule has 0 aromatic heterocycles. The number of benzene rings is 1. The number of thioether (sulfide) groups is 2. The SMILES string of the molecule is CCC/C=C/SC.CSC(CNCC(O)C1CCc2cc3c(cc2O1)CSS3)C(C)(C)CS. The number of aliphatic hydroxyl groups excluding tert-OH is 1. The van der Waals surface area contributed by atoms with Crippen LogP contribution in [0.25, 0.3) is 0 Å². The molecule has 1 aromatic rings. The second-order valence-corrected chi connectivity index (χ2v) is 13.5. The molecule has 2 heterocycles. The van der Waals surface area contributed by atoms with E-state index in [1.54, 1.807) is 11.8 Å². The number of aryl methyl sites for hydroxylation is 1. The van der Waals surface area contributed by atoms with Gasteiger partial charge < -0.3 is 15.2 Å². The van der Waals surface area contributed by atoms with Crippen LogP contribution in [0, 0.1) is 5.41 Å². The molecule has 0 amide bonds. The molecule has 0 saturated carbocycles. The summed E-state index contributed by atoms with van der Waals surface area (Å²) in [7, 11) is 3.74. The van der Waals surface area contributed by atoms with Crippen molar-refractivity contribution >= 4 is 57.7 Å². The molecule has 3 atom stereocenters. The molecule has 0 aliphatic carbocycles. The highest BCUT2D eigenvalue weighted by Gasteiger charge is 2.30. The van der Waals surface area contributed by atoms with E-state index < -0.39 is 6.10 Å². The minimum absolute atomic E-state index is 0.125.